The Morgan fingerprint density at radius 2 is 0.780 bits per heavy atom. The lowest BCUT2D eigenvalue weighted by atomic mass is 10.1. The van der Waals surface area contributed by atoms with Crippen LogP contribution in [0.4, 0.5) is 0 Å². The summed E-state index contributed by atoms with van der Waals surface area (Å²) < 4.78 is 31.6. The van der Waals surface area contributed by atoms with Crippen molar-refractivity contribution in [3.05, 3.63) is 121 Å². The van der Waals surface area contributed by atoms with Crippen LogP contribution < -0.4 is 21.2 Å². The van der Waals surface area contributed by atoms with Gasteiger partial charge in [-0.05, 0) is 45.3 Å². The molecular weight excluding hydrogens is 648 g/mol. The topological polar surface area (TPSA) is 37.4 Å². The summed E-state index contributed by atoms with van der Waals surface area (Å²) in [5, 5.41) is 3.41. The predicted molar refractivity (Wildman–Crippen MR) is 221 cm³/mol. The third kappa shape index (κ3) is 11.9. The molecule has 0 radical (unpaired) electrons. The van der Waals surface area contributed by atoms with Gasteiger partial charge in [0.1, 0.15) is 14.3 Å². The summed E-state index contributed by atoms with van der Waals surface area (Å²) in [5.41, 5.74) is -0.275. The van der Waals surface area contributed by atoms with Gasteiger partial charge in [0.15, 0.2) is 0 Å². The highest BCUT2D eigenvalue weighted by atomic mass is 31.2. The second-order valence-electron chi connectivity index (χ2n) is 14.1. The van der Waals surface area contributed by atoms with Crippen LogP contribution in [0.25, 0.3) is 0 Å². The van der Waals surface area contributed by atoms with E-state index in [-0.39, 0.29) is 5.66 Å². The lowest BCUT2D eigenvalue weighted by Crippen LogP contribution is -2.33. The maximum atomic E-state index is 16.0. The monoisotopic (exact) mass is 711 g/mol. The van der Waals surface area contributed by atoms with E-state index >= 15 is 9.13 Å². The summed E-state index contributed by atoms with van der Waals surface area (Å²) in [6.45, 7) is 7.82. The van der Waals surface area contributed by atoms with Crippen molar-refractivity contribution >= 4 is 35.5 Å². The molecule has 5 heteroatoms. The number of benzene rings is 4. The fourth-order valence-electron chi connectivity index (χ4n) is 7.37. The van der Waals surface area contributed by atoms with E-state index in [1.807, 2.05) is 121 Å². The van der Waals surface area contributed by atoms with Gasteiger partial charge in [-0.3, -0.25) is 0 Å². The minimum Gasteiger partial charge on any atom is -0.314 e. The van der Waals surface area contributed by atoms with Crippen molar-refractivity contribution < 1.29 is 9.13 Å². The maximum Gasteiger partial charge on any atom is 0.146 e. The molecule has 0 saturated heterocycles. The van der Waals surface area contributed by atoms with Gasteiger partial charge in [0, 0.05) is 33.0 Å². The van der Waals surface area contributed by atoms with Gasteiger partial charge in [-0.25, -0.2) is 0 Å². The highest BCUT2D eigenvalue weighted by Gasteiger charge is 2.42. The van der Waals surface area contributed by atoms with Crippen LogP contribution in [0.1, 0.15) is 104 Å². The van der Waals surface area contributed by atoms with Gasteiger partial charge < -0.3 is 14.0 Å². The van der Waals surface area contributed by atoms with Crippen LogP contribution in [-0.2, 0) is 9.13 Å². The lowest BCUT2D eigenvalue weighted by Gasteiger charge is -2.33. The van der Waals surface area contributed by atoms with Gasteiger partial charge in [0.05, 0.1) is 0 Å². The molecular formula is C45H63NO2P2. The molecule has 270 valence electrons. The zero-order valence-corrected chi connectivity index (χ0v) is 32.8. The van der Waals surface area contributed by atoms with Crippen LogP contribution in [0, 0.1) is 0 Å². The van der Waals surface area contributed by atoms with Gasteiger partial charge in [-0.2, -0.15) is 0 Å². The standard InChI is InChI=1S/C45H63NO2P2/c1-3-5-7-9-11-25-37-46(38-26-12-10-8-6-4-2)39-27-36-45(50(48,43-32-21-15-22-33-43)44-34-23-16-24-35-44)40-49(47,41-28-17-13-18-29-41)42-30-19-14-20-31-42/h13-24,28-35,45H,3-12,25-27,36-40H2,1-2H3. The molecule has 0 bridgehead atoms. The van der Waals surface area contributed by atoms with E-state index in [1.165, 1.54) is 77.0 Å². The average Bonchev–Trinajstić information content (AvgIpc) is 3.17. The molecule has 1 unspecified atom stereocenters. The summed E-state index contributed by atoms with van der Waals surface area (Å²) >= 11 is 0. The van der Waals surface area contributed by atoms with E-state index in [1.54, 1.807) is 0 Å². The highest BCUT2D eigenvalue weighted by molar-refractivity contribution is 7.82. The summed E-state index contributed by atoms with van der Waals surface area (Å²) in [6.07, 6.45) is 17.7. The Balaban J connectivity index is 1.64. The second kappa shape index (κ2) is 22.3. The predicted octanol–water partition coefficient (Wildman–Crippen LogP) is 11.2. The molecule has 4 aromatic carbocycles. The second-order valence-corrected chi connectivity index (χ2v) is 20.1. The molecule has 4 rings (SSSR count). The summed E-state index contributed by atoms with van der Waals surface area (Å²) in [6, 6.07) is 40.0. The van der Waals surface area contributed by atoms with Crippen LogP contribution in [0.3, 0.4) is 0 Å². The smallest absolute Gasteiger partial charge is 0.146 e. The Bertz CT molecular complexity index is 1440. The first-order chi connectivity index (χ1) is 24.5. The molecule has 0 aliphatic rings. The van der Waals surface area contributed by atoms with Crippen molar-refractivity contribution in [3.8, 4) is 0 Å². The lowest BCUT2D eigenvalue weighted by molar-refractivity contribution is 0.255. The van der Waals surface area contributed by atoms with Crippen molar-refractivity contribution in [2.24, 2.45) is 0 Å². The number of hydrogen-bond donors (Lipinski definition) is 0. The van der Waals surface area contributed by atoms with Crippen molar-refractivity contribution in [2.45, 2.75) is 109 Å². The van der Waals surface area contributed by atoms with Crippen LogP contribution in [0.15, 0.2) is 121 Å². The first-order valence-electron chi connectivity index (χ1n) is 19.7. The van der Waals surface area contributed by atoms with Crippen LogP contribution in [0.5, 0.6) is 0 Å². The first-order valence-corrected chi connectivity index (χ1v) is 23.3. The van der Waals surface area contributed by atoms with Gasteiger partial charge in [0.25, 0.3) is 0 Å². The molecule has 0 amide bonds. The molecule has 0 aliphatic carbocycles. The summed E-state index contributed by atoms with van der Waals surface area (Å²) in [4.78, 5) is 2.68. The normalized spacial score (nSPS) is 12.7. The van der Waals surface area contributed by atoms with E-state index in [4.69, 9.17) is 0 Å². The zero-order chi connectivity index (χ0) is 35.3. The zero-order valence-electron chi connectivity index (χ0n) is 31.0. The Morgan fingerprint density at radius 1 is 0.440 bits per heavy atom. The molecule has 0 spiro atoms. The molecule has 0 fully saturated rings. The third-order valence-corrected chi connectivity index (χ3v) is 17.4. The number of unbranched alkanes of at least 4 members (excludes halogenated alkanes) is 10. The molecule has 0 aromatic heterocycles. The molecule has 4 aromatic rings. The van der Waals surface area contributed by atoms with Crippen LogP contribution in [-0.4, -0.2) is 36.4 Å². The van der Waals surface area contributed by atoms with Crippen molar-refractivity contribution in [2.75, 3.05) is 25.8 Å². The molecule has 1 atom stereocenters. The first kappa shape index (κ1) is 40.1. The SMILES string of the molecule is CCCCCCCCN(CCCCCCCC)CCCC(CP(=O)(c1ccccc1)c1ccccc1)P(=O)(c1ccccc1)c1ccccc1. The van der Waals surface area contributed by atoms with Gasteiger partial charge in [0.2, 0.25) is 0 Å². The van der Waals surface area contributed by atoms with Gasteiger partial charge in [-0.1, -0.05) is 199 Å². The maximum absolute atomic E-state index is 16.0. The molecule has 0 aliphatic heterocycles. The summed E-state index contributed by atoms with van der Waals surface area (Å²) in [5.74, 6) is 0. The number of nitrogens with zero attached hydrogens (tertiary/aromatic N) is 1. The number of rotatable bonds is 25. The highest BCUT2D eigenvalue weighted by Crippen LogP contribution is 2.57. The van der Waals surface area contributed by atoms with E-state index < -0.39 is 14.3 Å². The fourth-order valence-corrected chi connectivity index (χ4v) is 14.7. The van der Waals surface area contributed by atoms with Crippen molar-refractivity contribution in [3.63, 3.8) is 0 Å². The molecule has 0 heterocycles. The minimum absolute atomic E-state index is 0.275. The largest absolute Gasteiger partial charge is 0.314 e. The Kier molecular flexibility index (Phi) is 17.9. The summed E-state index contributed by atoms with van der Waals surface area (Å²) in [7, 11) is -6.33. The molecule has 3 nitrogen and oxygen atoms in total. The van der Waals surface area contributed by atoms with Crippen LogP contribution >= 0.6 is 14.3 Å². The minimum atomic E-state index is -3.20. The fraction of sp³-hybridized carbons (Fsp3) is 0.467. The average molecular weight is 712 g/mol. The van der Waals surface area contributed by atoms with Gasteiger partial charge >= 0.3 is 0 Å². The number of hydrogen-bond acceptors (Lipinski definition) is 3. The van der Waals surface area contributed by atoms with Crippen LogP contribution in [0.2, 0.25) is 0 Å². The van der Waals surface area contributed by atoms with E-state index in [0.29, 0.717) is 6.16 Å². The van der Waals surface area contributed by atoms with Crippen molar-refractivity contribution in [1.29, 1.82) is 0 Å². The molecule has 50 heavy (non-hydrogen) atoms. The Hall–Kier alpha value is -2.70. The third-order valence-electron chi connectivity index (χ3n) is 10.3. The van der Waals surface area contributed by atoms with E-state index in [0.717, 1.165) is 53.7 Å². The quantitative estimate of drug-likeness (QED) is 0.0507. The van der Waals surface area contributed by atoms with Gasteiger partial charge in [-0.15, -0.1) is 0 Å². The van der Waals surface area contributed by atoms with Crippen molar-refractivity contribution in [1.82, 2.24) is 4.90 Å². The molecule has 0 N–H and O–H groups in total. The Labute approximate surface area is 305 Å². The van der Waals surface area contributed by atoms with E-state index in [2.05, 4.69) is 18.7 Å². The Morgan fingerprint density at radius 3 is 1.18 bits per heavy atom. The van der Waals surface area contributed by atoms with E-state index in [9.17, 15) is 0 Å². The molecule has 0 saturated carbocycles.